The number of halogens is 1. The maximum Gasteiger partial charge on any atom is 0.339 e. The molecule has 212 valence electrons. The summed E-state index contributed by atoms with van der Waals surface area (Å²) in [6.45, 7) is 3.35. The van der Waals surface area contributed by atoms with Crippen LogP contribution in [0.2, 0.25) is 5.02 Å². The summed E-state index contributed by atoms with van der Waals surface area (Å²) >= 11 is 6.40. The molecular formula is C34H29ClN2O5. The summed E-state index contributed by atoms with van der Waals surface area (Å²) in [5.41, 5.74) is 4.68. The molecule has 2 aliphatic rings. The van der Waals surface area contributed by atoms with Crippen LogP contribution in [0.1, 0.15) is 57.5 Å². The van der Waals surface area contributed by atoms with Crippen LogP contribution < -0.4 is 4.90 Å². The number of ether oxygens (including phenoxy) is 1. The number of carbonyl (C=O) groups excluding carboxylic acids is 4. The number of Topliss-reactive ketones (excluding diaryl/α,β-unsaturated/α-hetero) is 1. The van der Waals surface area contributed by atoms with E-state index in [4.69, 9.17) is 21.3 Å². The van der Waals surface area contributed by atoms with Gasteiger partial charge < -0.3 is 4.74 Å². The number of imide groups is 1. The van der Waals surface area contributed by atoms with Gasteiger partial charge in [0, 0.05) is 21.5 Å². The number of ketones is 1. The highest BCUT2D eigenvalue weighted by molar-refractivity contribution is 6.32. The summed E-state index contributed by atoms with van der Waals surface area (Å²) in [5.74, 6) is -1.67. The molecule has 8 heteroatoms. The van der Waals surface area contributed by atoms with Gasteiger partial charge in [-0.15, -0.1) is 0 Å². The molecule has 1 aromatic heterocycles. The third-order valence-corrected chi connectivity index (χ3v) is 8.77. The second-order valence-electron chi connectivity index (χ2n) is 11.0. The highest BCUT2D eigenvalue weighted by Gasteiger charge is 2.48. The minimum Gasteiger partial charge on any atom is -0.454 e. The van der Waals surface area contributed by atoms with Crippen molar-refractivity contribution in [2.45, 2.75) is 39.5 Å². The first kappa shape index (κ1) is 27.8. The number of aromatic nitrogens is 1. The molecule has 2 heterocycles. The fourth-order valence-corrected chi connectivity index (χ4v) is 6.10. The van der Waals surface area contributed by atoms with Crippen LogP contribution in [0.5, 0.6) is 0 Å². The lowest BCUT2D eigenvalue weighted by atomic mass is 9.81. The van der Waals surface area contributed by atoms with E-state index < -0.39 is 12.6 Å². The zero-order chi connectivity index (χ0) is 29.5. The number of hydrogen-bond donors (Lipinski definition) is 0. The van der Waals surface area contributed by atoms with Crippen molar-refractivity contribution in [3.05, 3.63) is 94.0 Å². The number of anilines is 1. The first-order valence-electron chi connectivity index (χ1n) is 14.1. The van der Waals surface area contributed by atoms with Crippen molar-refractivity contribution in [2.24, 2.45) is 11.8 Å². The summed E-state index contributed by atoms with van der Waals surface area (Å²) in [7, 11) is 0. The van der Waals surface area contributed by atoms with E-state index in [0.29, 0.717) is 44.0 Å². The number of rotatable bonds is 6. The van der Waals surface area contributed by atoms with Crippen LogP contribution in [0.25, 0.3) is 22.2 Å². The summed E-state index contributed by atoms with van der Waals surface area (Å²) in [6, 6.07) is 19.1. The van der Waals surface area contributed by atoms with Crippen molar-refractivity contribution in [3.63, 3.8) is 0 Å². The molecule has 1 aliphatic carbocycles. The maximum atomic E-state index is 13.3. The third-order valence-electron chi connectivity index (χ3n) is 8.36. The van der Waals surface area contributed by atoms with Crippen LogP contribution in [0.4, 0.5) is 5.69 Å². The van der Waals surface area contributed by atoms with E-state index in [1.807, 2.05) is 26.0 Å². The van der Waals surface area contributed by atoms with E-state index in [0.717, 1.165) is 31.2 Å². The Morgan fingerprint density at radius 1 is 0.905 bits per heavy atom. The van der Waals surface area contributed by atoms with Crippen molar-refractivity contribution in [1.29, 1.82) is 0 Å². The largest absolute Gasteiger partial charge is 0.454 e. The average Bonchev–Trinajstić information content (AvgIpc) is 3.27. The quantitative estimate of drug-likeness (QED) is 0.140. The van der Waals surface area contributed by atoms with Crippen molar-refractivity contribution >= 4 is 51.8 Å². The summed E-state index contributed by atoms with van der Waals surface area (Å²) in [5, 5.41) is 1.06. The van der Waals surface area contributed by atoms with E-state index >= 15 is 0 Å². The number of fused-ring (bicyclic) bond motifs is 2. The molecule has 2 unspecified atom stereocenters. The Morgan fingerprint density at radius 3 is 2.19 bits per heavy atom. The second kappa shape index (κ2) is 11.1. The van der Waals surface area contributed by atoms with Crippen LogP contribution in [-0.2, 0) is 14.3 Å². The van der Waals surface area contributed by atoms with Crippen molar-refractivity contribution in [1.82, 2.24) is 4.98 Å². The fourth-order valence-electron chi connectivity index (χ4n) is 5.95. The van der Waals surface area contributed by atoms with Gasteiger partial charge in [-0.25, -0.2) is 9.78 Å². The monoisotopic (exact) mass is 580 g/mol. The Labute approximate surface area is 248 Å². The first-order valence-corrected chi connectivity index (χ1v) is 14.5. The van der Waals surface area contributed by atoms with Crippen LogP contribution in [-0.4, -0.2) is 35.2 Å². The lowest BCUT2D eigenvalue weighted by Gasteiger charge is -2.19. The topological polar surface area (TPSA) is 93.6 Å². The fraction of sp³-hybridized carbons (Fsp3) is 0.265. The molecule has 6 rings (SSSR count). The van der Waals surface area contributed by atoms with Gasteiger partial charge in [0.15, 0.2) is 12.4 Å². The van der Waals surface area contributed by atoms with Crippen molar-refractivity contribution in [3.8, 4) is 11.3 Å². The van der Waals surface area contributed by atoms with Gasteiger partial charge in [-0.2, -0.15) is 0 Å². The highest BCUT2D eigenvalue weighted by atomic mass is 35.5. The molecule has 1 saturated heterocycles. The number of nitrogens with zero attached hydrogens (tertiary/aromatic N) is 2. The van der Waals surface area contributed by atoms with Crippen LogP contribution in [0, 0.1) is 25.7 Å². The SMILES string of the molecule is Cc1ccc(C(=O)COC(=O)c2cc(-c3ccc(N4C(=O)C5CCCCC5C4=O)cc3)nc3c(C)c(Cl)ccc23)cc1. The lowest BCUT2D eigenvalue weighted by Crippen LogP contribution is -2.30. The minimum absolute atomic E-state index is 0.128. The Bertz CT molecular complexity index is 1720. The third kappa shape index (κ3) is 4.98. The van der Waals surface area contributed by atoms with Gasteiger partial charge in [0.05, 0.1) is 34.3 Å². The Balaban J connectivity index is 1.31. The van der Waals surface area contributed by atoms with E-state index in [1.165, 1.54) is 4.90 Å². The van der Waals surface area contributed by atoms with E-state index in [1.54, 1.807) is 54.6 Å². The van der Waals surface area contributed by atoms with E-state index in [2.05, 4.69) is 0 Å². The molecule has 2 amide bonds. The summed E-state index contributed by atoms with van der Waals surface area (Å²) in [4.78, 5) is 58.2. The zero-order valence-electron chi connectivity index (χ0n) is 23.4. The van der Waals surface area contributed by atoms with Gasteiger partial charge >= 0.3 is 5.97 Å². The Kier molecular flexibility index (Phi) is 7.37. The lowest BCUT2D eigenvalue weighted by molar-refractivity contribution is -0.122. The molecule has 1 aliphatic heterocycles. The molecular weight excluding hydrogens is 552 g/mol. The van der Waals surface area contributed by atoms with Gasteiger partial charge in [0.25, 0.3) is 0 Å². The number of amides is 2. The first-order chi connectivity index (χ1) is 20.2. The van der Waals surface area contributed by atoms with E-state index in [9.17, 15) is 19.2 Å². The molecule has 42 heavy (non-hydrogen) atoms. The molecule has 1 saturated carbocycles. The van der Waals surface area contributed by atoms with Crippen LogP contribution in [0.15, 0.2) is 66.7 Å². The number of esters is 1. The Morgan fingerprint density at radius 2 is 1.55 bits per heavy atom. The highest BCUT2D eigenvalue weighted by Crippen LogP contribution is 2.40. The van der Waals surface area contributed by atoms with Crippen molar-refractivity contribution < 1.29 is 23.9 Å². The average molecular weight is 581 g/mol. The number of pyridine rings is 1. The van der Waals surface area contributed by atoms with Crippen LogP contribution in [0.3, 0.4) is 0 Å². The van der Waals surface area contributed by atoms with Gasteiger partial charge in [0.2, 0.25) is 11.8 Å². The standard InChI is InChI=1S/C34H29ClN2O5/c1-19-7-9-22(10-8-19)30(38)18-42-34(41)27-17-29(36-31-20(2)28(35)16-15-24(27)31)21-11-13-23(14-12-21)37-32(39)25-5-3-4-6-26(25)33(37)40/h7-17,25-26H,3-6,18H2,1-2H3. The number of benzene rings is 3. The van der Waals surface area contributed by atoms with Gasteiger partial charge in [-0.05, 0) is 56.5 Å². The summed E-state index contributed by atoms with van der Waals surface area (Å²) < 4.78 is 5.47. The van der Waals surface area contributed by atoms with Crippen LogP contribution >= 0.6 is 11.6 Å². The predicted octanol–water partition coefficient (Wildman–Crippen LogP) is 6.89. The maximum absolute atomic E-state index is 13.3. The normalized spacial score (nSPS) is 18.3. The molecule has 2 atom stereocenters. The second-order valence-corrected chi connectivity index (χ2v) is 11.5. The smallest absolute Gasteiger partial charge is 0.339 e. The summed E-state index contributed by atoms with van der Waals surface area (Å²) in [6.07, 6.45) is 3.44. The number of hydrogen-bond acceptors (Lipinski definition) is 6. The number of aryl methyl sites for hydroxylation is 2. The molecule has 0 radical (unpaired) electrons. The molecule has 2 fully saturated rings. The molecule has 0 bridgehead atoms. The minimum atomic E-state index is -0.654. The molecule has 0 N–H and O–H groups in total. The Hall–Kier alpha value is -4.36. The van der Waals surface area contributed by atoms with Gasteiger partial charge in [-0.3, -0.25) is 19.3 Å². The zero-order valence-corrected chi connectivity index (χ0v) is 24.1. The molecule has 4 aromatic rings. The molecule has 3 aromatic carbocycles. The molecule has 7 nitrogen and oxygen atoms in total. The number of carbonyl (C=O) groups is 4. The van der Waals surface area contributed by atoms with Gasteiger partial charge in [-0.1, -0.05) is 72.5 Å². The van der Waals surface area contributed by atoms with Crippen molar-refractivity contribution in [2.75, 3.05) is 11.5 Å². The molecule has 0 spiro atoms. The van der Waals surface area contributed by atoms with E-state index in [-0.39, 0.29) is 35.0 Å². The van der Waals surface area contributed by atoms with Gasteiger partial charge in [0.1, 0.15) is 0 Å². The predicted molar refractivity (Wildman–Crippen MR) is 161 cm³/mol.